The summed E-state index contributed by atoms with van der Waals surface area (Å²) in [7, 11) is -1.33. The second kappa shape index (κ2) is 7.59. The van der Waals surface area contributed by atoms with Gasteiger partial charge in [-0.25, -0.2) is 14.8 Å². The van der Waals surface area contributed by atoms with Crippen molar-refractivity contribution in [3.05, 3.63) is 17.5 Å². The maximum Gasteiger partial charge on any atom is 0.410 e. The summed E-state index contributed by atoms with van der Waals surface area (Å²) >= 11 is 0. The van der Waals surface area contributed by atoms with Crippen molar-refractivity contribution in [3.8, 4) is 0 Å². The Hall–Kier alpha value is -1.50. The van der Waals surface area contributed by atoms with Crippen LogP contribution < -0.4 is 0 Å². The molecule has 1 fully saturated rings. The number of carbonyl (C=O) groups is 1. The third-order valence-electron chi connectivity index (χ3n) is 3.76. The van der Waals surface area contributed by atoms with Gasteiger partial charge in [-0.15, -0.1) is 0 Å². The maximum absolute atomic E-state index is 12.7. The average molecular weight is 353 g/mol. The molecule has 0 saturated carbocycles. The molecule has 1 aromatic rings. The molecule has 0 aromatic carbocycles. The van der Waals surface area contributed by atoms with Crippen LogP contribution in [0.4, 0.5) is 4.79 Å². The molecule has 2 atom stereocenters. The smallest absolute Gasteiger partial charge is 0.410 e. The quantitative estimate of drug-likeness (QED) is 0.781. The van der Waals surface area contributed by atoms with Gasteiger partial charge in [0.15, 0.2) is 0 Å². The molecule has 1 saturated heterocycles. The first-order valence-electron chi connectivity index (χ1n) is 8.36. The van der Waals surface area contributed by atoms with Crippen molar-refractivity contribution in [2.45, 2.75) is 70.7 Å². The minimum absolute atomic E-state index is 0.0983. The number of ether oxygens (including phenoxy) is 1. The Balaban J connectivity index is 2.10. The van der Waals surface area contributed by atoms with Crippen LogP contribution >= 0.6 is 0 Å². The van der Waals surface area contributed by atoms with Gasteiger partial charge in [0.1, 0.15) is 5.60 Å². The SMILES string of the molecule is Cc1cc(C)nc(S(=O)CC2CCCCN2C(=O)OC(C)(C)C)n1. The number of hydrogen-bond donors (Lipinski definition) is 0. The predicted octanol–water partition coefficient (Wildman–Crippen LogP) is 2.99. The van der Waals surface area contributed by atoms with E-state index in [1.54, 1.807) is 4.90 Å². The van der Waals surface area contributed by atoms with Gasteiger partial charge in [0.25, 0.3) is 0 Å². The first-order chi connectivity index (χ1) is 11.2. The van der Waals surface area contributed by atoms with Crippen LogP contribution in [0.3, 0.4) is 0 Å². The van der Waals surface area contributed by atoms with Gasteiger partial charge in [-0.05, 0) is 59.9 Å². The molecular formula is C17H27N3O3S. The van der Waals surface area contributed by atoms with Crippen LogP contribution in [-0.2, 0) is 15.5 Å². The van der Waals surface area contributed by atoms with E-state index in [0.717, 1.165) is 30.7 Å². The highest BCUT2D eigenvalue weighted by Crippen LogP contribution is 2.22. The molecule has 6 nitrogen and oxygen atoms in total. The minimum atomic E-state index is -1.33. The summed E-state index contributed by atoms with van der Waals surface area (Å²) in [6, 6.07) is 1.76. The monoisotopic (exact) mass is 353 g/mol. The summed E-state index contributed by atoms with van der Waals surface area (Å²) in [5.74, 6) is 0.349. The lowest BCUT2D eigenvalue weighted by Gasteiger charge is -2.36. The van der Waals surface area contributed by atoms with Crippen molar-refractivity contribution in [2.24, 2.45) is 0 Å². The molecule has 0 radical (unpaired) electrons. The van der Waals surface area contributed by atoms with Gasteiger partial charge < -0.3 is 9.64 Å². The molecule has 2 rings (SSSR count). The van der Waals surface area contributed by atoms with Crippen LogP contribution in [-0.4, -0.2) is 49.1 Å². The van der Waals surface area contributed by atoms with E-state index in [9.17, 15) is 9.00 Å². The molecule has 134 valence electrons. The van der Waals surface area contributed by atoms with Gasteiger partial charge >= 0.3 is 6.09 Å². The molecular weight excluding hydrogens is 326 g/mol. The van der Waals surface area contributed by atoms with Crippen molar-refractivity contribution in [1.29, 1.82) is 0 Å². The molecule has 2 unspecified atom stereocenters. The van der Waals surface area contributed by atoms with Gasteiger partial charge in [-0.3, -0.25) is 4.21 Å². The highest BCUT2D eigenvalue weighted by Gasteiger charge is 2.32. The summed E-state index contributed by atoms with van der Waals surface area (Å²) in [4.78, 5) is 22.7. The lowest BCUT2D eigenvalue weighted by Crippen LogP contribution is -2.48. The number of carbonyl (C=O) groups excluding carboxylic acids is 1. The molecule has 0 bridgehead atoms. The molecule has 2 heterocycles. The molecule has 1 amide bonds. The van der Waals surface area contributed by atoms with Gasteiger partial charge in [-0.1, -0.05) is 0 Å². The van der Waals surface area contributed by atoms with Crippen LogP contribution in [0, 0.1) is 13.8 Å². The number of hydrogen-bond acceptors (Lipinski definition) is 5. The minimum Gasteiger partial charge on any atom is -0.444 e. The Kier molecular flexibility index (Phi) is 5.96. The largest absolute Gasteiger partial charge is 0.444 e. The van der Waals surface area contributed by atoms with E-state index < -0.39 is 16.4 Å². The van der Waals surface area contributed by atoms with Crippen molar-refractivity contribution in [1.82, 2.24) is 14.9 Å². The Bertz CT molecular complexity index is 608. The summed E-state index contributed by atoms with van der Waals surface area (Å²) in [5.41, 5.74) is 1.08. The number of nitrogens with zero attached hydrogens (tertiary/aromatic N) is 3. The van der Waals surface area contributed by atoms with E-state index >= 15 is 0 Å². The van der Waals surface area contributed by atoms with Crippen molar-refractivity contribution >= 4 is 16.9 Å². The molecule has 0 N–H and O–H groups in total. The number of rotatable bonds is 3. The third kappa shape index (κ3) is 5.26. The number of aromatic nitrogens is 2. The lowest BCUT2D eigenvalue weighted by molar-refractivity contribution is 0.0125. The second-order valence-corrected chi connectivity index (χ2v) is 8.66. The lowest BCUT2D eigenvalue weighted by atomic mass is 10.0. The number of amides is 1. The average Bonchev–Trinajstić information content (AvgIpc) is 2.44. The third-order valence-corrected chi connectivity index (χ3v) is 5.04. The summed E-state index contributed by atoms with van der Waals surface area (Å²) in [6.45, 7) is 9.93. The van der Waals surface area contributed by atoms with Gasteiger partial charge in [-0.2, -0.15) is 0 Å². The molecule has 0 aliphatic carbocycles. The van der Waals surface area contributed by atoms with Gasteiger partial charge in [0, 0.05) is 24.0 Å². The molecule has 1 aromatic heterocycles. The molecule has 0 spiro atoms. The Morgan fingerprint density at radius 2 is 1.92 bits per heavy atom. The van der Waals surface area contributed by atoms with E-state index in [-0.39, 0.29) is 12.1 Å². The first kappa shape index (κ1) is 18.8. The molecule has 24 heavy (non-hydrogen) atoms. The normalized spacial score (nSPS) is 19.9. The highest BCUT2D eigenvalue weighted by atomic mass is 32.2. The predicted molar refractivity (Wildman–Crippen MR) is 93.4 cm³/mol. The van der Waals surface area contributed by atoms with E-state index in [0.29, 0.717) is 17.5 Å². The molecule has 7 heteroatoms. The topological polar surface area (TPSA) is 72.4 Å². The first-order valence-corrected chi connectivity index (χ1v) is 9.68. The van der Waals surface area contributed by atoms with Gasteiger partial charge in [0.2, 0.25) is 5.16 Å². The van der Waals surface area contributed by atoms with Crippen LogP contribution in [0.1, 0.15) is 51.4 Å². The Morgan fingerprint density at radius 1 is 1.29 bits per heavy atom. The van der Waals surface area contributed by atoms with Crippen molar-refractivity contribution in [3.63, 3.8) is 0 Å². The Labute approximate surface area is 146 Å². The van der Waals surface area contributed by atoms with Crippen LogP contribution in [0.15, 0.2) is 11.2 Å². The molecule has 1 aliphatic heterocycles. The van der Waals surface area contributed by atoms with E-state index in [1.807, 2.05) is 40.7 Å². The standard InChI is InChI=1S/C17H27N3O3S/c1-12-10-13(2)19-15(18-12)24(22)11-14-8-6-7-9-20(14)16(21)23-17(3,4)5/h10,14H,6-9,11H2,1-5H3. The fourth-order valence-corrected chi connectivity index (χ4v) is 4.12. The van der Waals surface area contributed by atoms with Gasteiger partial charge in [0.05, 0.1) is 16.6 Å². The highest BCUT2D eigenvalue weighted by molar-refractivity contribution is 7.84. The zero-order valence-electron chi connectivity index (χ0n) is 15.2. The maximum atomic E-state index is 12.7. The zero-order valence-corrected chi connectivity index (χ0v) is 16.0. The van der Waals surface area contributed by atoms with E-state index in [2.05, 4.69) is 9.97 Å². The fraction of sp³-hybridized carbons (Fsp3) is 0.706. The van der Waals surface area contributed by atoms with Crippen LogP contribution in [0.25, 0.3) is 0 Å². The summed E-state index contributed by atoms with van der Waals surface area (Å²) in [5, 5.41) is 0.349. The summed E-state index contributed by atoms with van der Waals surface area (Å²) < 4.78 is 18.2. The van der Waals surface area contributed by atoms with Crippen molar-refractivity contribution < 1.29 is 13.7 Å². The fourth-order valence-electron chi connectivity index (χ4n) is 2.78. The molecule has 1 aliphatic rings. The van der Waals surface area contributed by atoms with E-state index in [1.165, 1.54) is 0 Å². The zero-order chi connectivity index (χ0) is 17.9. The second-order valence-electron chi connectivity index (χ2n) is 7.27. The van der Waals surface area contributed by atoms with Crippen LogP contribution in [0.5, 0.6) is 0 Å². The van der Waals surface area contributed by atoms with E-state index in [4.69, 9.17) is 4.74 Å². The van der Waals surface area contributed by atoms with Crippen molar-refractivity contribution in [2.75, 3.05) is 12.3 Å². The van der Waals surface area contributed by atoms with Crippen LogP contribution in [0.2, 0.25) is 0 Å². The number of aryl methyl sites for hydroxylation is 2. The number of likely N-dealkylation sites (tertiary alicyclic amines) is 1. The Morgan fingerprint density at radius 3 is 2.50 bits per heavy atom. The summed E-state index contributed by atoms with van der Waals surface area (Å²) in [6.07, 6.45) is 2.47. The number of piperidine rings is 1.